The molecule has 0 radical (unpaired) electrons. The van der Waals surface area contributed by atoms with Crippen LogP contribution < -0.4 is 0 Å². The van der Waals surface area contributed by atoms with Crippen LogP contribution in [0.25, 0.3) is 0 Å². The second-order valence-corrected chi connectivity index (χ2v) is 7.43. The van der Waals surface area contributed by atoms with Crippen molar-refractivity contribution >= 4 is 24.4 Å². The summed E-state index contributed by atoms with van der Waals surface area (Å²) < 4.78 is 0. The van der Waals surface area contributed by atoms with Crippen molar-refractivity contribution in [2.75, 3.05) is 5.75 Å². The summed E-state index contributed by atoms with van der Waals surface area (Å²) in [5, 5.41) is 0. The molecule has 2 rings (SSSR count). The molecule has 0 atom stereocenters. The maximum Gasteiger partial charge on any atom is 0.0122 e. The van der Waals surface area contributed by atoms with Gasteiger partial charge in [0, 0.05) is 9.79 Å². The third-order valence-electron chi connectivity index (χ3n) is 3.40. The van der Waals surface area contributed by atoms with Crippen LogP contribution in [0, 0.1) is 12.8 Å². The van der Waals surface area contributed by atoms with Crippen LogP contribution in [-0.4, -0.2) is 5.75 Å². The van der Waals surface area contributed by atoms with E-state index in [1.165, 1.54) is 27.3 Å². The fraction of sp³-hybridized carbons (Fsp3) is 0.400. The Labute approximate surface area is 146 Å². The quantitative estimate of drug-likeness (QED) is 0.596. The standard InChI is InChI=1S/C15H16S2.C5H12/c1-12-2-6-14(7-3-12)17-15-8-4-13(5-9-15)10-11-16;1-4-5(2)3/h2-9,16H,10-11H2,1H3;5H,4H2,1-3H3. The largest absolute Gasteiger partial charge is 0.179 e. The Bertz CT molecular complexity index is 512. The maximum atomic E-state index is 4.24. The van der Waals surface area contributed by atoms with Gasteiger partial charge < -0.3 is 0 Å². The normalized spacial score (nSPS) is 10.3. The van der Waals surface area contributed by atoms with Crippen molar-refractivity contribution in [3.05, 3.63) is 59.7 Å². The number of aryl methyl sites for hydroxylation is 2. The van der Waals surface area contributed by atoms with Crippen molar-refractivity contribution in [2.24, 2.45) is 5.92 Å². The van der Waals surface area contributed by atoms with Crippen LogP contribution in [0.5, 0.6) is 0 Å². The molecular formula is C20H28S2. The Hall–Kier alpha value is -0.860. The van der Waals surface area contributed by atoms with Gasteiger partial charge in [-0.1, -0.05) is 68.8 Å². The first-order valence-electron chi connectivity index (χ1n) is 7.99. The van der Waals surface area contributed by atoms with E-state index < -0.39 is 0 Å². The van der Waals surface area contributed by atoms with Crippen molar-refractivity contribution in [3.8, 4) is 0 Å². The molecule has 120 valence electrons. The number of rotatable bonds is 5. The van der Waals surface area contributed by atoms with Gasteiger partial charge in [0.05, 0.1) is 0 Å². The topological polar surface area (TPSA) is 0 Å². The van der Waals surface area contributed by atoms with Crippen LogP contribution in [0.4, 0.5) is 0 Å². The minimum atomic E-state index is 0.884. The van der Waals surface area contributed by atoms with E-state index in [2.05, 4.69) is 88.9 Å². The molecule has 0 amide bonds. The van der Waals surface area contributed by atoms with Crippen molar-refractivity contribution < 1.29 is 0 Å². The van der Waals surface area contributed by atoms with Crippen LogP contribution >= 0.6 is 24.4 Å². The third-order valence-corrected chi connectivity index (χ3v) is 4.64. The Balaban J connectivity index is 0.000000422. The molecule has 0 heterocycles. The molecular weight excluding hydrogens is 304 g/mol. The van der Waals surface area contributed by atoms with Gasteiger partial charge in [-0.3, -0.25) is 0 Å². The monoisotopic (exact) mass is 332 g/mol. The van der Waals surface area contributed by atoms with Crippen molar-refractivity contribution in [2.45, 2.75) is 50.3 Å². The molecule has 0 aliphatic heterocycles. The van der Waals surface area contributed by atoms with Gasteiger partial charge in [0.1, 0.15) is 0 Å². The molecule has 0 saturated heterocycles. The molecule has 0 fully saturated rings. The summed E-state index contributed by atoms with van der Waals surface area (Å²) in [6, 6.07) is 17.4. The Kier molecular flexibility index (Phi) is 9.42. The van der Waals surface area contributed by atoms with Gasteiger partial charge in [-0.2, -0.15) is 12.6 Å². The second kappa shape index (κ2) is 10.8. The zero-order valence-corrected chi connectivity index (χ0v) is 15.9. The summed E-state index contributed by atoms with van der Waals surface area (Å²) in [6.45, 7) is 8.76. The highest BCUT2D eigenvalue weighted by Crippen LogP contribution is 2.27. The first-order chi connectivity index (χ1) is 10.5. The molecule has 22 heavy (non-hydrogen) atoms. The van der Waals surface area contributed by atoms with Crippen LogP contribution in [0.3, 0.4) is 0 Å². The molecule has 0 aliphatic carbocycles. The van der Waals surface area contributed by atoms with Crippen molar-refractivity contribution in [1.82, 2.24) is 0 Å². The van der Waals surface area contributed by atoms with Crippen LogP contribution in [-0.2, 0) is 6.42 Å². The third kappa shape index (κ3) is 7.95. The minimum absolute atomic E-state index is 0.884. The number of benzene rings is 2. The van der Waals surface area contributed by atoms with E-state index in [0.29, 0.717) is 0 Å². The highest BCUT2D eigenvalue weighted by Gasteiger charge is 1.97. The van der Waals surface area contributed by atoms with Crippen LogP contribution in [0.1, 0.15) is 38.3 Å². The Morgan fingerprint density at radius 2 is 1.36 bits per heavy atom. The van der Waals surface area contributed by atoms with E-state index in [1.54, 1.807) is 11.8 Å². The molecule has 0 saturated carbocycles. The van der Waals surface area contributed by atoms with E-state index in [-0.39, 0.29) is 0 Å². The zero-order chi connectivity index (χ0) is 16.4. The molecule has 0 unspecified atom stereocenters. The summed E-state index contributed by atoms with van der Waals surface area (Å²) in [7, 11) is 0. The van der Waals surface area contributed by atoms with Gasteiger partial charge in [-0.25, -0.2) is 0 Å². The average molecular weight is 333 g/mol. The van der Waals surface area contributed by atoms with Gasteiger partial charge in [-0.05, 0) is 54.8 Å². The zero-order valence-electron chi connectivity index (χ0n) is 14.2. The molecule has 0 aromatic heterocycles. The Morgan fingerprint density at radius 3 is 1.77 bits per heavy atom. The highest BCUT2D eigenvalue weighted by atomic mass is 32.2. The molecule has 0 bridgehead atoms. The highest BCUT2D eigenvalue weighted by molar-refractivity contribution is 7.99. The maximum absolute atomic E-state index is 4.24. The lowest BCUT2D eigenvalue weighted by Crippen LogP contribution is -1.85. The molecule has 2 aromatic rings. The van der Waals surface area contributed by atoms with Gasteiger partial charge in [0.15, 0.2) is 0 Å². The summed E-state index contributed by atoms with van der Waals surface area (Å²) in [5.41, 5.74) is 2.66. The van der Waals surface area contributed by atoms with E-state index in [9.17, 15) is 0 Å². The van der Waals surface area contributed by atoms with Crippen molar-refractivity contribution in [1.29, 1.82) is 0 Å². The van der Waals surface area contributed by atoms with Gasteiger partial charge in [-0.15, -0.1) is 0 Å². The minimum Gasteiger partial charge on any atom is -0.179 e. The predicted octanol–water partition coefficient (Wildman–Crippen LogP) is 6.67. The predicted molar refractivity (Wildman–Crippen MR) is 104 cm³/mol. The summed E-state index contributed by atoms with van der Waals surface area (Å²) in [6.07, 6.45) is 2.35. The van der Waals surface area contributed by atoms with E-state index >= 15 is 0 Å². The first kappa shape index (κ1) is 19.2. The smallest absolute Gasteiger partial charge is 0.0122 e. The number of thiol groups is 1. The first-order valence-corrected chi connectivity index (χ1v) is 9.44. The number of hydrogen-bond donors (Lipinski definition) is 1. The Morgan fingerprint density at radius 1 is 0.909 bits per heavy atom. The molecule has 0 aliphatic rings. The van der Waals surface area contributed by atoms with Crippen molar-refractivity contribution in [3.63, 3.8) is 0 Å². The molecule has 0 nitrogen and oxygen atoms in total. The molecule has 2 heteroatoms. The SMILES string of the molecule is CCC(C)C.Cc1ccc(Sc2ccc(CCS)cc2)cc1. The lowest BCUT2D eigenvalue weighted by atomic mass is 10.2. The molecule has 2 aromatic carbocycles. The van der Waals surface area contributed by atoms with E-state index in [4.69, 9.17) is 0 Å². The molecule has 0 spiro atoms. The molecule has 0 N–H and O–H groups in total. The lowest BCUT2D eigenvalue weighted by Gasteiger charge is -2.03. The van der Waals surface area contributed by atoms with Crippen LogP contribution in [0.15, 0.2) is 58.3 Å². The number of hydrogen-bond acceptors (Lipinski definition) is 2. The fourth-order valence-corrected chi connectivity index (χ4v) is 2.67. The van der Waals surface area contributed by atoms with E-state index in [0.717, 1.165) is 18.1 Å². The van der Waals surface area contributed by atoms with Crippen LogP contribution in [0.2, 0.25) is 0 Å². The fourth-order valence-electron chi connectivity index (χ4n) is 1.60. The van der Waals surface area contributed by atoms with Gasteiger partial charge >= 0.3 is 0 Å². The summed E-state index contributed by atoms with van der Waals surface area (Å²) in [4.78, 5) is 2.58. The summed E-state index contributed by atoms with van der Waals surface area (Å²) >= 11 is 6.05. The summed E-state index contributed by atoms with van der Waals surface area (Å²) in [5.74, 6) is 1.79. The van der Waals surface area contributed by atoms with E-state index in [1.807, 2.05) is 0 Å². The second-order valence-electron chi connectivity index (χ2n) is 5.83. The van der Waals surface area contributed by atoms with Gasteiger partial charge in [0.2, 0.25) is 0 Å². The van der Waals surface area contributed by atoms with Gasteiger partial charge in [0.25, 0.3) is 0 Å². The lowest BCUT2D eigenvalue weighted by molar-refractivity contribution is 0.626. The average Bonchev–Trinajstić information content (AvgIpc) is 2.52.